The van der Waals surface area contributed by atoms with Crippen molar-refractivity contribution in [2.24, 2.45) is 0 Å². The highest BCUT2D eigenvalue weighted by molar-refractivity contribution is 14.1. The molecule has 0 aliphatic rings. The number of carbonyl (C=O) groups excluding carboxylic acids is 1. The Labute approximate surface area is 140 Å². The second kappa shape index (κ2) is 5.69. The van der Waals surface area contributed by atoms with Crippen LogP contribution >= 0.6 is 34.2 Å². The van der Waals surface area contributed by atoms with E-state index in [2.05, 4.69) is 27.9 Å². The maximum atomic E-state index is 12.4. The Morgan fingerprint density at radius 2 is 2.00 bits per heavy atom. The number of benzene rings is 2. The number of halogens is 2. The Balaban J connectivity index is 1.95. The third-order valence-corrected chi connectivity index (χ3v) is 4.21. The van der Waals surface area contributed by atoms with Crippen molar-refractivity contribution in [3.63, 3.8) is 0 Å². The molecule has 2 aromatic carbocycles. The van der Waals surface area contributed by atoms with Crippen molar-refractivity contribution < 1.29 is 9.21 Å². The average Bonchev–Trinajstić information content (AvgIpc) is 2.80. The Bertz CT molecular complexity index is 841. The molecule has 3 rings (SSSR count). The number of nitrogens with one attached hydrogen (secondary N) is 1. The molecule has 0 bridgehead atoms. The van der Waals surface area contributed by atoms with Crippen LogP contribution in [0.1, 0.15) is 16.1 Å². The van der Waals surface area contributed by atoms with Gasteiger partial charge in [0.25, 0.3) is 5.91 Å². The highest BCUT2D eigenvalue weighted by Gasteiger charge is 2.18. The first kappa shape index (κ1) is 14.4. The first-order valence-corrected chi connectivity index (χ1v) is 7.76. The standard InChI is InChI=1S/C16H11ClINO2/c1-9-11-4-2-3-5-14(11)21-15(9)16(20)19-13-7-6-10(18)8-12(13)17/h2-8H,1H3,(H,19,20). The summed E-state index contributed by atoms with van der Waals surface area (Å²) in [7, 11) is 0. The Hall–Kier alpha value is -1.53. The van der Waals surface area contributed by atoms with Crippen molar-refractivity contribution in [3.05, 3.63) is 62.4 Å². The monoisotopic (exact) mass is 411 g/mol. The molecule has 5 heteroatoms. The van der Waals surface area contributed by atoms with Crippen molar-refractivity contribution in [2.75, 3.05) is 5.32 Å². The van der Waals surface area contributed by atoms with Crippen LogP contribution in [0.2, 0.25) is 5.02 Å². The number of hydrogen-bond donors (Lipinski definition) is 1. The number of aryl methyl sites for hydroxylation is 1. The molecule has 106 valence electrons. The van der Waals surface area contributed by atoms with Crippen molar-refractivity contribution >= 4 is 56.8 Å². The fourth-order valence-electron chi connectivity index (χ4n) is 2.16. The van der Waals surface area contributed by atoms with E-state index in [0.29, 0.717) is 22.1 Å². The lowest BCUT2D eigenvalue weighted by Gasteiger charge is -2.06. The first-order chi connectivity index (χ1) is 10.1. The molecule has 1 heterocycles. The molecule has 3 nitrogen and oxygen atoms in total. The van der Waals surface area contributed by atoms with Gasteiger partial charge in [-0.25, -0.2) is 0 Å². The molecule has 0 aliphatic heterocycles. The van der Waals surface area contributed by atoms with Crippen LogP contribution < -0.4 is 5.32 Å². The summed E-state index contributed by atoms with van der Waals surface area (Å²) in [6, 6.07) is 13.0. The second-order valence-electron chi connectivity index (χ2n) is 4.63. The minimum atomic E-state index is -0.299. The predicted octanol–water partition coefficient (Wildman–Crippen LogP) is 5.25. The van der Waals surface area contributed by atoms with Gasteiger partial charge in [-0.15, -0.1) is 0 Å². The zero-order valence-corrected chi connectivity index (χ0v) is 14.0. The van der Waals surface area contributed by atoms with Gasteiger partial charge in [0, 0.05) is 14.5 Å². The molecule has 0 unspecified atom stereocenters. The molecule has 21 heavy (non-hydrogen) atoms. The number of anilines is 1. The van der Waals surface area contributed by atoms with Gasteiger partial charge in [0.2, 0.25) is 0 Å². The number of fused-ring (bicyclic) bond motifs is 1. The molecule has 1 amide bonds. The quantitative estimate of drug-likeness (QED) is 0.585. The van der Waals surface area contributed by atoms with Gasteiger partial charge in [-0.3, -0.25) is 4.79 Å². The van der Waals surface area contributed by atoms with E-state index >= 15 is 0 Å². The van der Waals surface area contributed by atoms with Gasteiger partial charge < -0.3 is 9.73 Å². The van der Waals surface area contributed by atoms with Crippen molar-refractivity contribution in [2.45, 2.75) is 6.92 Å². The van der Waals surface area contributed by atoms with E-state index < -0.39 is 0 Å². The Morgan fingerprint density at radius 1 is 1.24 bits per heavy atom. The number of rotatable bonds is 2. The fraction of sp³-hybridized carbons (Fsp3) is 0.0625. The molecular weight excluding hydrogens is 401 g/mol. The molecule has 0 saturated heterocycles. The first-order valence-electron chi connectivity index (χ1n) is 6.31. The molecule has 1 N–H and O–H groups in total. The normalized spacial score (nSPS) is 10.8. The van der Waals surface area contributed by atoms with Crippen molar-refractivity contribution in [1.29, 1.82) is 0 Å². The van der Waals surface area contributed by atoms with Crippen LogP contribution in [0.3, 0.4) is 0 Å². The Kier molecular flexibility index (Phi) is 3.91. The summed E-state index contributed by atoms with van der Waals surface area (Å²) in [6.45, 7) is 1.87. The number of hydrogen-bond acceptors (Lipinski definition) is 2. The SMILES string of the molecule is Cc1c(C(=O)Nc2ccc(I)cc2Cl)oc2ccccc12. The topological polar surface area (TPSA) is 42.2 Å². The van der Waals surface area contributed by atoms with E-state index in [-0.39, 0.29) is 5.91 Å². The summed E-state index contributed by atoms with van der Waals surface area (Å²) >= 11 is 8.30. The van der Waals surface area contributed by atoms with Crippen LogP contribution in [0.4, 0.5) is 5.69 Å². The van der Waals surface area contributed by atoms with Gasteiger partial charge in [0.05, 0.1) is 10.7 Å². The van der Waals surface area contributed by atoms with Crippen LogP contribution in [-0.4, -0.2) is 5.91 Å². The summed E-state index contributed by atoms with van der Waals surface area (Å²) in [5.74, 6) is 0.0117. The second-order valence-corrected chi connectivity index (χ2v) is 6.28. The van der Waals surface area contributed by atoms with E-state index in [0.717, 1.165) is 14.5 Å². The number of amides is 1. The van der Waals surface area contributed by atoms with Crippen LogP contribution in [0.5, 0.6) is 0 Å². The zero-order valence-electron chi connectivity index (χ0n) is 11.1. The molecule has 0 fully saturated rings. The average molecular weight is 412 g/mol. The number of carbonyl (C=O) groups is 1. The van der Waals surface area contributed by atoms with Crippen LogP contribution in [-0.2, 0) is 0 Å². The van der Waals surface area contributed by atoms with E-state index in [4.69, 9.17) is 16.0 Å². The lowest BCUT2D eigenvalue weighted by Crippen LogP contribution is -2.12. The highest BCUT2D eigenvalue weighted by atomic mass is 127. The highest BCUT2D eigenvalue weighted by Crippen LogP contribution is 2.28. The predicted molar refractivity (Wildman–Crippen MR) is 93.1 cm³/mol. The van der Waals surface area contributed by atoms with E-state index in [1.54, 1.807) is 12.1 Å². The van der Waals surface area contributed by atoms with Gasteiger partial charge in [-0.05, 0) is 53.8 Å². The lowest BCUT2D eigenvalue weighted by atomic mass is 10.1. The summed E-state index contributed by atoms with van der Waals surface area (Å²) in [4.78, 5) is 12.4. The molecule has 0 spiro atoms. The molecular formula is C16H11ClINO2. The van der Waals surface area contributed by atoms with Gasteiger partial charge in [0.15, 0.2) is 5.76 Å². The maximum Gasteiger partial charge on any atom is 0.291 e. The lowest BCUT2D eigenvalue weighted by molar-refractivity contribution is 0.0998. The number of para-hydroxylation sites is 1. The van der Waals surface area contributed by atoms with Crippen LogP contribution in [0.25, 0.3) is 11.0 Å². The summed E-state index contributed by atoms with van der Waals surface area (Å²) in [5.41, 5.74) is 2.10. The molecule has 0 atom stereocenters. The Morgan fingerprint density at radius 3 is 2.71 bits per heavy atom. The van der Waals surface area contributed by atoms with Gasteiger partial charge >= 0.3 is 0 Å². The van der Waals surface area contributed by atoms with E-state index in [1.807, 2.05) is 37.3 Å². The zero-order chi connectivity index (χ0) is 15.0. The molecule has 0 saturated carbocycles. The van der Waals surface area contributed by atoms with Gasteiger partial charge in [-0.1, -0.05) is 29.8 Å². The van der Waals surface area contributed by atoms with Crippen molar-refractivity contribution in [3.8, 4) is 0 Å². The fourth-order valence-corrected chi connectivity index (χ4v) is 3.06. The largest absolute Gasteiger partial charge is 0.451 e. The molecule has 3 aromatic rings. The van der Waals surface area contributed by atoms with Crippen LogP contribution in [0.15, 0.2) is 46.9 Å². The molecule has 0 radical (unpaired) electrons. The summed E-state index contributed by atoms with van der Waals surface area (Å²) in [6.07, 6.45) is 0. The maximum absolute atomic E-state index is 12.4. The van der Waals surface area contributed by atoms with E-state index in [1.165, 1.54) is 0 Å². The number of furan rings is 1. The van der Waals surface area contributed by atoms with Gasteiger partial charge in [-0.2, -0.15) is 0 Å². The van der Waals surface area contributed by atoms with Crippen LogP contribution in [0, 0.1) is 10.5 Å². The van der Waals surface area contributed by atoms with Gasteiger partial charge in [0.1, 0.15) is 5.58 Å². The molecule has 1 aromatic heterocycles. The summed E-state index contributed by atoms with van der Waals surface area (Å²) < 4.78 is 6.65. The third kappa shape index (κ3) is 2.78. The third-order valence-electron chi connectivity index (χ3n) is 3.23. The minimum Gasteiger partial charge on any atom is -0.451 e. The smallest absolute Gasteiger partial charge is 0.291 e. The van der Waals surface area contributed by atoms with E-state index in [9.17, 15) is 4.79 Å². The van der Waals surface area contributed by atoms with Crippen molar-refractivity contribution in [1.82, 2.24) is 0 Å². The summed E-state index contributed by atoms with van der Waals surface area (Å²) in [5, 5.41) is 4.23. The minimum absolute atomic E-state index is 0.299. The molecule has 0 aliphatic carbocycles.